The minimum Gasteiger partial charge on any atom is -0.457 e. The molecule has 4 aromatic rings. The molecule has 0 saturated carbocycles. The van der Waals surface area contributed by atoms with Crippen LogP contribution in [0.5, 0.6) is 11.5 Å². The normalized spacial score (nSPS) is 13.8. The predicted octanol–water partition coefficient (Wildman–Crippen LogP) is 6.69. The van der Waals surface area contributed by atoms with Crippen LogP contribution in [0.4, 0.5) is 11.5 Å². The highest BCUT2D eigenvalue weighted by Gasteiger charge is 2.23. The maximum absolute atomic E-state index is 13.1. The van der Waals surface area contributed by atoms with Gasteiger partial charge in [0.1, 0.15) is 28.5 Å². The first-order chi connectivity index (χ1) is 16.1. The number of benzene rings is 2. The second-order valence-electron chi connectivity index (χ2n) is 8.02. The maximum atomic E-state index is 13.1. The van der Waals surface area contributed by atoms with Crippen molar-refractivity contribution in [2.75, 3.05) is 23.3 Å². The number of aryl methyl sites for hydroxylation is 1. The predicted molar refractivity (Wildman–Crippen MR) is 134 cm³/mol. The minimum absolute atomic E-state index is 0.147. The van der Waals surface area contributed by atoms with Crippen LogP contribution in [-0.2, 0) is 0 Å². The summed E-state index contributed by atoms with van der Waals surface area (Å²) in [5, 5.41) is 4.64. The third kappa shape index (κ3) is 4.65. The molecule has 2 aromatic heterocycles. The number of nitrogens with one attached hydrogen (secondary N) is 1. The molecule has 6 nitrogen and oxygen atoms in total. The Balaban J connectivity index is 1.33. The van der Waals surface area contributed by atoms with Crippen molar-refractivity contribution in [1.29, 1.82) is 0 Å². The second-order valence-corrected chi connectivity index (χ2v) is 9.45. The molecule has 1 amide bonds. The van der Waals surface area contributed by atoms with Gasteiger partial charge in [-0.3, -0.25) is 4.79 Å². The number of rotatable bonds is 5. The average molecular weight is 479 g/mol. The molecule has 1 aliphatic heterocycles. The Bertz CT molecular complexity index is 1280. The Kier molecular flexibility index (Phi) is 6.15. The minimum atomic E-state index is -0.147. The van der Waals surface area contributed by atoms with Crippen LogP contribution >= 0.6 is 22.9 Å². The molecule has 168 valence electrons. The zero-order valence-electron chi connectivity index (χ0n) is 18.2. The third-order valence-electron chi connectivity index (χ3n) is 5.73. The van der Waals surface area contributed by atoms with Crippen molar-refractivity contribution in [3.8, 4) is 11.5 Å². The number of piperidine rings is 1. The summed E-state index contributed by atoms with van der Waals surface area (Å²) in [6.45, 7) is 3.97. The van der Waals surface area contributed by atoms with Gasteiger partial charge < -0.3 is 15.0 Å². The van der Waals surface area contributed by atoms with E-state index in [-0.39, 0.29) is 5.91 Å². The molecule has 8 heteroatoms. The fourth-order valence-electron chi connectivity index (χ4n) is 4.05. The summed E-state index contributed by atoms with van der Waals surface area (Å²) in [5.74, 6) is 2.17. The van der Waals surface area contributed by atoms with E-state index in [1.54, 1.807) is 18.5 Å². The summed E-state index contributed by atoms with van der Waals surface area (Å²) in [7, 11) is 0. The first-order valence-electron chi connectivity index (χ1n) is 10.9. The van der Waals surface area contributed by atoms with Gasteiger partial charge in [-0.2, -0.15) is 0 Å². The van der Waals surface area contributed by atoms with E-state index in [1.807, 2.05) is 43.3 Å². The zero-order valence-corrected chi connectivity index (χ0v) is 19.7. The van der Waals surface area contributed by atoms with Crippen molar-refractivity contribution in [2.45, 2.75) is 26.2 Å². The van der Waals surface area contributed by atoms with Gasteiger partial charge in [-0.05, 0) is 80.3 Å². The number of hydrogen-bond donors (Lipinski definition) is 1. The van der Waals surface area contributed by atoms with Crippen LogP contribution in [0.3, 0.4) is 0 Å². The summed E-state index contributed by atoms with van der Waals surface area (Å²) >= 11 is 7.32. The topological polar surface area (TPSA) is 67.3 Å². The average Bonchev–Trinajstić information content (AvgIpc) is 3.19. The summed E-state index contributed by atoms with van der Waals surface area (Å²) in [6.07, 6.45) is 5.19. The fourth-order valence-corrected chi connectivity index (χ4v) is 5.21. The van der Waals surface area contributed by atoms with Gasteiger partial charge in [0.15, 0.2) is 0 Å². The van der Waals surface area contributed by atoms with E-state index in [1.165, 1.54) is 30.6 Å². The lowest BCUT2D eigenvalue weighted by molar-refractivity contribution is 0.103. The van der Waals surface area contributed by atoms with E-state index in [4.69, 9.17) is 16.3 Å². The molecule has 33 heavy (non-hydrogen) atoms. The van der Waals surface area contributed by atoms with E-state index in [2.05, 4.69) is 20.2 Å². The number of anilines is 2. The molecular formula is C25H23ClN4O2S. The summed E-state index contributed by atoms with van der Waals surface area (Å²) in [4.78, 5) is 25.9. The number of nitrogens with zero attached hydrogens (tertiary/aromatic N) is 3. The van der Waals surface area contributed by atoms with Gasteiger partial charge in [-0.25, -0.2) is 9.97 Å². The van der Waals surface area contributed by atoms with Gasteiger partial charge in [-0.1, -0.05) is 11.6 Å². The van der Waals surface area contributed by atoms with Gasteiger partial charge in [0, 0.05) is 23.8 Å². The van der Waals surface area contributed by atoms with E-state index in [0.29, 0.717) is 27.1 Å². The van der Waals surface area contributed by atoms with E-state index in [9.17, 15) is 4.79 Å². The Morgan fingerprint density at radius 1 is 1.00 bits per heavy atom. The van der Waals surface area contributed by atoms with Crippen molar-refractivity contribution in [3.63, 3.8) is 0 Å². The van der Waals surface area contributed by atoms with Crippen LogP contribution < -0.4 is 15.0 Å². The zero-order chi connectivity index (χ0) is 22.8. The number of amides is 1. The molecule has 0 spiro atoms. The summed E-state index contributed by atoms with van der Waals surface area (Å²) in [5.41, 5.74) is 1.62. The Hall–Kier alpha value is -3.16. The van der Waals surface area contributed by atoms with Gasteiger partial charge in [-0.15, -0.1) is 11.3 Å². The van der Waals surface area contributed by atoms with Gasteiger partial charge in [0.05, 0.1) is 10.3 Å². The number of hydrogen-bond acceptors (Lipinski definition) is 6. The largest absolute Gasteiger partial charge is 0.457 e. The number of carbonyl (C=O) groups excluding carboxylic acids is 1. The lowest BCUT2D eigenvalue weighted by Crippen LogP contribution is -2.30. The first kappa shape index (κ1) is 21.7. The number of carbonyl (C=O) groups is 1. The quantitative estimate of drug-likeness (QED) is 0.346. The van der Waals surface area contributed by atoms with Crippen LogP contribution in [0, 0.1) is 6.92 Å². The van der Waals surface area contributed by atoms with Crippen LogP contribution in [0.25, 0.3) is 10.2 Å². The molecule has 0 bridgehead atoms. The SMILES string of the molecule is Cc1c(C(=O)Nc2ccc(Oc3ccc(Cl)cc3)cc2)sc2ncnc(N3CCCCC3)c12. The molecule has 0 atom stereocenters. The molecule has 1 fully saturated rings. The fraction of sp³-hybridized carbons (Fsp3) is 0.240. The molecule has 0 aliphatic carbocycles. The lowest BCUT2D eigenvalue weighted by atomic mass is 10.1. The summed E-state index contributed by atoms with van der Waals surface area (Å²) < 4.78 is 5.82. The molecular weight excluding hydrogens is 456 g/mol. The van der Waals surface area contributed by atoms with E-state index < -0.39 is 0 Å². The van der Waals surface area contributed by atoms with Crippen molar-refractivity contribution >= 4 is 50.6 Å². The van der Waals surface area contributed by atoms with Crippen molar-refractivity contribution in [3.05, 3.63) is 70.3 Å². The van der Waals surface area contributed by atoms with Crippen molar-refractivity contribution in [1.82, 2.24) is 9.97 Å². The van der Waals surface area contributed by atoms with Crippen LogP contribution in [0.15, 0.2) is 54.9 Å². The maximum Gasteiger partial charge on any atom is 0.266 e. The van der Waals surface area contributed by atoms with Crippen molar-refractivity contribution < 1.29 is 9.53 Å². The smallest absolute Gasteiger partial charge is 0.266 e. The van der Waals surface area contributed by atoms with Crippen LogP contribution in [0.1, 0.15) is 34.5 Å². The Morgan fingerprint density at radius 3 is 2.36 bits per heavy atom. The number of halogens is 1. The number of thiophene rings is 1. The molecule has 1 N–H and O–H groups in total. The highest BCUT2D eigenvalue weighted by molar-refractivity contribution is 7.20. The molecule has 3 heterocycles. The molecule has 2 aromatic carbocycles. The third-order valence-corrected chi connectivity index (χ3v) is 7.18. The molecule has 5 rings (SSSR count). The van der Waals surface area contributed by atoms with Crippen molar-refractivity contribution in [2.24, 2.45) is 0 Å². The van der Waals surface area contributed by atoms with E-state index in [0.717, 1.165) is 34.7 Å². The van der Waals surface area contributed by atoms with Crippen LogP contribution in [-0.4, -0.2) is 29.0 Å². The monoisotopic (exact) mass is 478 g/mol. The van der Waals surface area contributed by atoms with Crippen LogP contribution in [0.2, 0.25) is 5.02 Å². The highest BCUT2D eigenvalue weighted by Crippen LogP contribution is 2.36. The number of ether oxygens (including phenoxy) is 1. The van der Waals surface area contributed by atoms with E-state index >= 15 is 0 Å². The number of aromatic nitrogens is 2. The van der Waals surface area contributed by atoms with Gasteiger partial charge >= 0.3 is 0 Å². The number of fused-ring (bicyclic) bond motifs is 1. The lowest BCUT2D eigenvalue weighted by Gasteiger charge is -2.28. The molecule has 1 aliphatic rings. The molecule has 1 saturated heterocycles. The van der Waals surface area contributed by atoms with Gasteiger partial charge in [0.2, 0.25) is 0 Å². The Labute approximate surface area is 201 Å². The standard InChI is InChI=1S/C25H23ClN4O2S/c1-16-21-23(30-13-3-2-4-14-30)27-15-28-25(21)33-22(16)24(31)29-18-7-11-20(12-8-18)32-19-9-5-17(26)6-10-19/h5-12,15H,2-4,13-14H2,1H3,(H,29,31). The second kappa shape index (κ2) is 9.37. The van der Waals surface area contributed by atoms with Gasteiger partial charge in [0.25, 0.3) is 5.91 Å². The Morgan fingerprint density at radius 2 is 1.67 bits per heavy atom. The summed E-state index contributed by atoms with van der Waals surface area (Å²) in [6, 6.07) is 14.5. The highest BCUT2D eigenvalue weighted by atomic mass is 35.5. The molecule has 0 unspecified atom stereocenters. The molecule has 0 radical (unpaired) electrons. The first-order valence-corrected chi connectivity index (χ1v) is 12.1.